The van der Waals surface area contributed by atoms with Crippen molar-refractivity contribution in [1.82, 2.24) is 4.31 Å². The Morgan fingerprint density at radius 1 is 1.25 bits per heavy atom. The van der Waals surface area contributed by atoms with Gasteiger partial charge in [0.05, 0.1) is 18.6 Å². The molecule has 0 bridgehead atoms. The third kappa shape index (κ3) is 4.11. The number of hydrogen-bond acceptors (Lipinski definition) is 6. The third-order valence-electron chi connectivity index (χ3n) is 4.84. The highest BCUT2D eigenvalue weighted by atomic mass is 32.2. The van der Waals surface area contributed by atoms with Gasteiger partial charge in [-0.3, -0.25) is 4.79 Å². The monoisotopic (exact) mass is 422 g/mol. The summed E-state index contributed by atoms with van der Waals surface area (Å²) in [5.74, 6) is -1.18. The number of nitrogens with one attached hydrogen (secondary N) is 1. The van der Waals surface area contributed by atoms with E-state index >= 15 is 0 Å². The summed E-state index contributed by atoms with van der Waals surface area (Å²) in [6, 6.07) is 8.28. The topological polar surface area (TPSA) is 92.8 Å². The highest BCUT2D eigenvalue weighted by molar-refractivity contribution is 7.91. The number of ether oxygens (including phenoxy) is 1. The van der Waals surface area contributed by atoms with E-state index in [0.717, 1.165) is 0 Å². The van der Waals surface area contributed by atoms with Gasteiger partial charge in [0, 0.05) is 18.8 Å². The summed E-state index contributed by atoms with van der Waals surface area (Å²) < 4.78 is 31.9. The average Bonchev–Trinajstić information content (AvgIpc) is 3.25. The highest BCUT2D eigenvalue weighted by Gasteiger charge is 2.34. The number of piperidine rings is 1. The number of thiophene rings is 1. The first-order chi connectivity index (χ1) is 13.3. The molecule has 1 aliphatic heterocycles. The average molecular weight is 423 g/mol. The maximum atomic E-state index is 12.8. The van der Waals surface area contributed by atoms with Gasteiger partial charge in [-0.05, 0) is 48.9 Å². The van der Waals surface area contributed by atoms with Crippen LogP contribution < -0.4 is 5.32 Å². The van der Waals surface area contributed by atoms with Crippen LogP contribution in [0.25, 0.3) is 0 Å². The van der Waals surface area contributed by atoms with Crippen molar-refractivity contribution in [3.8, 4) is 0 Å². The maximum Gasteiger partial charge on any atom is 0.338 e. The molecule has 0 radical (unpaired) electrons. The lowest BCUT2D eigenvalue weighted by atomic mass is 9.98. The minimum absolute atomic E-state index is 0.141. The first kappa shape index (κ1) is 20.5. The number of carbonyl (C=O) groups excluding carboxylic acids is 2. The lowest BCUT2D eigenvalue weighted by molar-refractivity contribution is -0.120. The zero-order chi connectivity index (χ0) is 20.3. The van der Waals surface area contributed by atoms with Gasteiger partial charge in [0.25, 0.3) is 10.0 Å². The Morgan fingerprint density at radius 2 is 2.04 bits per heavy atom. The first-order valence-corrected chi connectivity index (χ1v) is 11.2. The number of nitrogens with zero attached hydrogens (tertiary/aromatic N) is 1. The van der Waals surface area contributed by atoms with Crippen molar-refractivity contribution in [2.75, 3.05) is 25.5 Å². The molecule has 2 heterocycles. The van der Waals surface area contributed by atoms with E-state index in [2.05, 4.69) is 5.32 Å². The van der Waals surface area contributed by atoms with Crippen LogP contribution in [0, 0.1) is 12.8 Å². The minimum Gasteiger partial charge on any atom is -0.465 e. The smallest absolute Gasteiger partial charge is 0.338 e. The second kappa shape index (κ2) is 8.42. The normalized spacial score (nSPS) is 17.9. The van der Waals surface area contributed by atoms with E-state index in [1.807, 2.05) is 0 Å². The van der Waals surface area contributed by atoms with Crippen LogP contribution in [0.5, 0.6) is 0 Å². The fourth-order valence-corrected chi connectivity index (χ4v) is 5.92. The maximum absolute atomic E-state index is 12.8. The van der Waals surface area contributed by atoms with Crippen LogP contribution in [0.1, 0.15) is 28.8 Å². The van der Waals surface area contributed by atoms with Crippen LogP contribution in [0.2, 0.25) is 0 Å². The number of rotatable bonds is 5. The van der Waals surface area contributed by atoms with Crippen molar-refractivity contribution in [2.45, 2.75) is 24.0 Å². The standard InChI is InChI=1S/C19H22N2O5S2/c1-13-15(19(23)26-2)7-3-8-16(13)20-18(22)14-6-4-10-21(12-14)28(24,25)17-9-5-11-27-17/h3,5,7-9,11,14H,4,6,10,12H2,1-2H3,(H,20,22). The summed E-state index contributed by atoms with van der Waals surface area (Å²) in [7, 11) is -2.27. The highest BCUT2D eigenvalue weighted by Crippen LogP contribution is 2.28. The Bertz CT molecular complexity index is 970. The van der Waals surface area contributed by atoms with Gasteiger partial charge in [0.1, 0.15) is 4.21 Å². The lowest BCUT2D eigenvalue weighted by Crippen LogP contribution is -2.43. The van der Waals surface area contributed by atoms with Crippen molar-refractivity contribution in [3.05, 3.63) is 46.8 Å². The molecular weight excluding hydrogens is 400 g/mol. The largest absolute Gasteiger partial charge is 0.465 e. The molecule has 1 unspecified atom stereocenters. The fraction of sp³-hybridized carbons (Fsp3) is 0.368. The molecule has 1 aromatic carbocycles. The van der Waals surface area contributed by atoms with Crippen LogP contribution in [-0.4, -0.2) is 44.8 Å². The quantitative estimate of drug-likeness (QED) is 0.748. The van der Waals surface area contributed by atoms with Gasteiger partial charge in [-0.15, -0.1) is 11.3 Å². The summed E-state index contributed by atoms with van der Waals surface area (Å²) >= 11 is 1.17. The molecule has 3 rings (SSSR count). The van der Waals surface area contributed by atoms with Crippen molar-refractivity contribution in [1.29, 1.82) is 0 Å². The molecule has 7 nitrogen and oxygen atoms in total. The third-order valence-corrected chi connectivity index (χ3v) is 8.08. The molecule has 0 spiro atoms. The second-order valence-corrected chi connectivity index (χ2v) is 9.71. The van der Waals surface area contributed by atoms with Crippen molar-refractivity contribution in [3.63, 3.8) is 0 Å². The predicted octanol–water partition coefficient (Wildman–Crippen LogP) is 2.88. The van der Waals surface area contributed by atoms with Crippen LogP contribution in [0.15, 0.2) is 39.9 Å². The Kier molecular flexibility index (Phi) is 6.17. The minimum atomic E-state index is -3.58. The van der Waals surface area contributed by atoms with E-state index in [1.54, 1.807) is 42.6 Å². The molecule has 1 saturated heterocycles. The Morgan fingerprint density at radius 3 is 2.71 bits per heavy atom. The van der Waals surface area contributed by atoms with Gasteiger partial charge in [-0.1, -0.05) is 12.1 Å². The molecule has 1 atom stereocenters. The summed E-state index contributed by atoms with van der Waals surface area (Å²) in [5.41, 5.74) is 1.51. The SMILES string of the molecule is COC(=O)c1cccc(NC(=O)C2CCCN(S(=O)(=O)c3cccs3)C2)c1C. The van der Waals surface area contributed by atoms with Crippen LogP contribution in [0.3, 0.4) is 0 Å². The number of anilines is 1. The molecule has 1 amide bonds. The van der Waals surface area contributed by atoms with E-state index in [1.165, 1.54) is 22.8 Å². The van der Waals surface area contributed by atoms with Crippen molar-refractivity contribution in [2.24, 2.45) is 5.92 Å². The molecule has 150 valence electrons. The van der Waals surface area contributed by atoms with Crippen LogP contribution >= 0.6 is 11.3 Å². The van der Waals surface area contributed by atoms with E-state index in [4.69, 9.17) is 4.74 Å². The van der Waals surface area contributed by atoms with Gasteiger partial charge in [0.2, 0.25) is 5.91 Å². The summed E-state index contributed by atoms with van der Waals surface area (Å²) in [5, 5.41) is 4.56. The molecule has 9 heteroatoms. The number of carbonyl (C=O) groups is 2. The number of sulfonamides is 1. The number of amides is 1. The lowest BCUT2D eigenvalue weighted by Gasteiger charge is -2.31. The Hall–Kier alpha value is -2.23. The number of esters is 1. The zero-order valence-electron chi connectivity index (χ0n) is 15.7. The second-order valence-electron chi connectivity index (χ2n) is 6.59. The number of methoxy groups -OCH3 is 1. The molecular formula is C19H22N2O5S2. The van der Waals surface area contributed by atoms with Gasteiger partial charge < -0.3 is 10.1 Å². The molecule has 28 heavy (non-hydrogen) atoms. The number of hydrogen-bond donors (Lipinski definition) is 1. The Balaban J connectivity index is 1.74. The van der Waals surface area contributed by atoms with E-state index < -0.39 is 21.9 Å². The molecule has 0 aliphatic carbocycles. The molecule has 1 aromatic heterocycles. The van der Waals surface area contributed by atoms with Gasteiger partial charge in [-0.25, -0.2) is 13.2 Å². The summed E-state index contributed by atoms with van der Waals surface area (Å²) in [6.07, 6.45) is 1.22. The van der Waals surface area contributed by atoms with Gasteiger partial charge in [0.15, 0.2) is 0 Å². The summed E-state index contributed by atoms with van der Waals surface area (Å²) in [6.45, 7) is 2.28. The molecule has 1 N–H and O–H groups in total. The van der Waals surface area contributed by atoms with Crippen LogP contribution in [-0.2, 0) is 19.6 Å². The predicted molar refractivity (Wildman–Crippen MR) is 107 cm³/mol. The molecule has 1 aliphatic rings. The fourth-order valence-electron chi connectivity index (χ4n) is 3.25. The van der Waals surface area contributed by atoms with E-state index in [-0.39, 0.29) is 16.7 Å². The van der Waals surface area contributed by atoms with Crippen LogP contribution in [0.4, 0.5) is 5.69 Å². The molecule has 0 saturated carbocycles. The van der Waals surface area contributed by atoms with Gasteiger partial charge in [-0.2, -0.15) is 4.31 Å². The zero-order valence-corrected chi connectivity index (χ0v) is 17.3. The molecule has 1 fully saturated rings. The van der Waals surface area contributed by atoms with E-state index in [9.17, 15) is 18.0 Å². The van der Waals surface area contributed by atoms with Gasteiger partial charge >= 0.3 is 5.97 Å². The molecule has 2 aromatic rings. The van der Waals surface area contributed by atoms with Crippen molar-refractivity contribution < 1.29 is 22.7 Å². The first-order valence-electron chi connectivity index (χ1n) is 8.87. The summed E-state index contributed by atoms with van der Waals surface area (Å²) in [4.78, 5) is 24.6. The van der Waals surface area contributed by atoms with Crippen molar-refractivity contribution >= 4 is 38.9 Å². The number of benzene rings is 1. The van der Waals surface area contributed by atoms with E-state index in [0.29, 0.717) is 36.2 Å². The Labute approximate surface area is 168 Å².